The zero-order chi connectivity index (χ0) is 13.5. The maximum Gasteiger partial charge on any atom is 0.0277 e. The van der Waals surface area contributed by atoms with E-state index in [1.807, 2.05) is 26.1 Å². The molecule has 104 valence electrons. The summed E-state index contributed by atoms with van der Waals surface area (Å²) < 4.78 is 0. The fourth-order valence-electron chi connectivity index (χ4n) is 1.63. The van der Waals surface area contributed by atoms with Crippen molar-refractivity contribution < 1.29 is 1.43 Å². The number of rotatable bonds is 2. The first-order valence-electron chi connectivity index (χ1n) is 7.28. The number of hydrogen-bond donors (Lipinski definition) is 0. The Kier molecular flexibility index (Phi) is 17.0. The molecule has 0 spiro atoms. The molecule has 1 rings (SSSR count). The molecule has 0 saturated heterocycles. The highest BCUT2D eigenvalue weighted by Crippen LogP contribution is 2.22. The third-order valence-corrected chi connectivity index (χ3v) is 2.96. The molecule has 0 aliphatic heterocycles. The van der Waals surface area contributed by atoms with Crippen LogP contribution in [0, 0.1) is 5.92 Å². The van der Waals surface area contributed by atoms with Gasteiger partial charge in [-0.1, -0.05) is 65.4 Å². The second-order valence-electron chi connectivity index (χ2n) is 4.52. The van der Waals surface area contributed by atoms with Crippen LogP contribution in [0.1, 0.15) is 74.6 Å². The van der Waals surface area contributed by atoms with Gasteiger partial charge in [0.15, 0.2) is 0 Å². The lowest BCUT2D eigenvalue weighted by Crippen LogP contribution is -1.99. The summed E-state index contributed by atoms with van der Waals surface area (Å²) in [6.45, 7) is 10.6. The molecular formula is C16H35N. The van der Waals surface area contributed by atoms with Crippen LogP contribution in [0.2, 0.25) is 0 Å². The van der Waals surface area contributed by atoms with Gasteiger partial charge in [0, 0.05) is 14.7 Å². The smallest absolute Gasteiger partial charge is 0.0277 e. The number of nitrogens with zero attached hydrogens (tertiary/aromatic N) is 1. The van der Waals surface area contributed by atoms with E-state index < -0.39 is 0 Å². The Hall–Kier alpha value is -0.590. The Morgan fingerprint density at radius 3 is 2.06 bits per heavy atom. The van der Waals surface area contributed by atoms with E-state index in [0.717, 1.165) is 12.3 Å². The summed E-state index contributed by atoms with van der Waals surface area (Å²) in [7, 11) is 1.78. The van der Waals surface area contributed by atoms with Crippen molar-refractivity contribution in [1.29, 1.82) is 0 Å². The molecule has 0 aromatic heterocycles. The fourth-order valence-corrected chi connectivity index (χ4v) is 1.63. The lowest BCUT2D eigenvalue weighted by atomic mass is 9.91. The maximum atomic E-state index is 3.82. The molecule has 1 fully saturated rings. The van der Waals surface area contributed by atoms with Crippen molar-refractivity contribution in [3.8, 4) is 0 Å². The quantitative estimate of drug-likeness (QED) is 0.533. The van der Waals surface area contributed by atoms with Gasteiger partial charge in [-0.2, -0.15) is 0 Å². The van der Waals surface area contributed by atoms with E-state index in [0.29, 0.717) is 0 Å². The summed E-state index contributed by atoms with van der Waals surface area (Å²) in [5, 5.41) is 0. The van der Waals surface area contributed by atoms with Crippen molar-refractivity contribution in [2.45, 2.75) is 73.1 Å². The largest absolute Gasteiger partial charge is 0.297 e. The van der Waals surface area contributed by atoms with Crippen molar-refractivity contribution in [2.24, 2.45) is 10.9 Å². The average Bonchev–Trinajstić information content (AvgIpc) is 2.40. The lowest BCUT2D eigenvalue weighted by molar-refractivity contribution is 0.385. The molecule has 0 N–H and O–H groups in total. The molecule has 17 heavy (non-hydrogen) atoms. The molecule has 0 bridgehead atoms. The third-order valence-electron chi connectivity index (χ3n) is 2.96. The molecule has 1 nitrogen and oxygen atoms in total. The van der Waals surface area contributed by atoms with Gasteiger partial charge in [-0.3, -0.25) is 4.99 Å². The van der Waals surface area contributed by atoms with Crippen LogP contribution < -0.4 is 0 Å². The first kappa shape index (κ1) is 18.8. The van der Waals surface area contributed by atoms with Gasteiger partial charge in [0.2, 0.25) is 0 Å². The Morgan fingerprint density at radius 2 is 1.76 bits per heavy atom. The van der Waals surface area contributed by atoms with Crippen LogP contribution in [0.4, 0.5) is 0 Å². The molecule has 0 heterocycles. The monoisotopic (exact) mass is 241 g/mol. The molecule has 0 amide bonds. The predicted molar refractivity (Wildman–Crippen MR) is 84.2 cm³/mol. The molecular weight excluding hydrogens is 206 g/mol. The maximum absolute atomic E-state index is 3.82. The Labute approximate surface area is 111 Å². The number of hydrogen-bond acceptors (Lipinski definition) is 1. The fraction of sp³-hybridized carbons (Fsp3) is 0.812. The normalized spacial score (nSPS) is 16.9. The van der Waals surface area contributed by atoms with Gasteiger partial charge in [0.05, 0.1) is 0 Å². The molecule has 0 unspecified atom stereocenters. The van der Waals surface area contributed by atoms with Crippen LogP contribution in [-0.4, -0.2) is 13.3 Å². The zero-order valence-electron chi connectivity index (χ0n) is 12.9. The Morgan fingerprint density at radius 1 is 1.24 bits per heavy atom. The van der Waals surface area contributed by atoms with Gasteiger partial charge in [0.1, 0.15) is 0 Å². The molecule has 0 atom stereocenters. The summed E-state index contributed by atoms with van der Waals surface area (Å²) in [6.07, 6.45) is 12.4. The van der Waals surface area contributed by atoms with E-state index in [-0.39, 0.29) is 1.43 Å². The third kappa shape index (κ3) is 15.4. The summed E-state index contributed by atoms with van der Waals surface area (Å²) in [4.78, 5) is 3.82. The number of aliphatic imine (C=N–C) groups is 1. The average molecular weight is 241 g/mol. The van der Waals surface area contributed by atoms with Crippen molar-refractivity contribution >= 4 is 6.21 Å². The summed E-state index contributed by atoms with van der Waals surface area (Å²) in [6, 6.07) is 0. The second-order valence-corrected chi connectivity index (χ2v) is 4.52. The molecule has 0 aromatic carbocycles. The molecule has 1 saturated carbocycles. The minimum absolute atomic E-state index is 0. The highest BCUT2D eigenvalue weighted by atomic mass is 14.6. The van der Waals surface area contributed by atoms with Gasteiger partial charge < -0.3 is 0 Å². The molecule has 1 aliphatic rings. The summed E-state index contributed by atoms with van der Waals surface area (Å²) >= 11 is 0. The van der Waals surface area contributed by atoms with E-state index in [1.165, 1.54) is 37.7 Å². The molecule has 0 radical (unpaired) electrons. The van der Waals surface area contributed by atoms with E-state index in [4.69, 9.17) is 0 Å². The summed E-state index contributed by atoms with van der Waals surface area (Å²) in [5.41, 5.74) is 1.37. The van der Waals surface area contributed by atoms with Gasteiger partial charge in [-0.15, -0.1) is 0 Å². The van der Waals surface area contributed by atoms with Gasteiger partial charge in [0.25, 0.3) is 0 Å². The highest BCUT2D eigenvalue weighted by Gasteiger charge is 2.05. The van der Waals surface area contributed by atoms with Crippen LogP contribution in [0.5, 0.6) is 0 Å². The second kappa shape index (κ2) is 15.4. The van der Waals surface area contributed by atoms with Gasteiger partial charge >= 0.3 is 0 Å². The zero-order valence-corrected chi connectivity index (χ0v) is 12.9. The first-order chi connectivity index (χ1) is 8.20. The van der Waals surface area contributed by atoms with Crippen molar-refractivity contribution in [1.82, 2.24) is 0 Å². The minimum atomic E-state index is 0. The topological polar surface area (TPSA) is 12.4 Å². The van der Waals surface area contributed by atoms with E-state index in [1.54, 1.807) is 7.05 Å². The predicted octanol–water partition coefficient (Wildman–Crippen LogP) is 5.90. The highest BCUT2D eigenvalue weighted by molar-refractivity contribution is 5.71. The van der Waals surface area contributed by atoms with Crippen molar-refractivity contribution in [3.63, 3.8) is 0 Å². The van der Waals surface area contributed by atoms with Gasteiger partial charge in [-0.25, -0.2) is 0 Å². The van der Waals surface area contributed by atoms with Crippen LogP contribution >= 0.6 is 0 Å². The van der Waals surface area contributed by atoms with E-state index in [9.17, 15) is 0 Å². The van der Waals surface area contributed by atoms with Crippen LogP contribution in [0.3, 0.4) is 0 Å². The van der Waals surface area contributed by atoms with E-state index in [2.05, 4.69) is 25.8 Å². The van der Waals surface area contributed by atoms with Crippen LogP contribution in [-0.2, 0) is 0 Å². The number of allylic oxidation sites excluding steroid dienone is 2. The SMILES string of the molecule is CC.CC/C(C)=C/C=NC.CC1CCCCC1.[HH]. The van der Waals surface area contributed by atoms with Crippen LogP contribution in [0.15, 0.2) is 16.6 Å². The van der Waals surface area contributed by atoms with Crippen molar-refractivity contribution in [2.75, 3.05) is 7.05 Å². The minimum Gasteiger partial charge on any atom is -0.297 e. The first-order valence-corrected chi connectivity index (χ1v) is 7.28. The molecule has 1 aliphatic carbocycles. The summed E-state index contributed by atoms with van der Waals surface area (Å²) in [5.74, 6) is 1.04. The van der Waals surface area contributed by atoms with Crippen LogP contribution in [0.25, 0.3) is 0 Å². The Bertz CT molecular complexity index is 191. The molecule has 0 aromatic rings. The Balaban J connectivity index is -0.000000210. The standard InChI is InChI=1S/C7H13N.C7H14.C2H6.H2/c1-4-7(2)5-6-8-3;1-7-5-3-2-4-6-7;1-2;/h5-6H,4H2,1-3H3;7H,2-6H2,1H3;1-2H3;1H/b7-5+,8-6?;;;. The lowest BCUT2D eigenvalue weighted by Gasteiger charge is -2.15. The van der Waals surface area contributed by atoms with Gasteiger partial charge in [-0.05, 0) is 25.3 Å². The van der Waals surface area contributed by atoms with E-state index >= 15 is 0 Å². The molecule has 1 heteroatoms. The van der Waals surface area contributed by atoms with Crippen molar-refractivity contribution in [3.05, 3.63) is 11.6 Å².